The van der Waals surface area contributed by atoms with E-state index in [0.29, 0.717) is 11.4 Å². The third-order valence-electron chi connectivity index (χ3n) is 2.35. The van der Waals surface area contributed by atoms with E-state index in [1.165, 1.54) is 0 Å². The third-order valence-corrected chi connectivity index (χ3v) is 2.92. The van der Waals surface area contributed by atoms with E-state index < -0.39 is 0 Å². The standard InChI is InChI=1S/C12H8N2O2S2/c15-17-13-11-5-1-9(2-6-11)10-3-7-12(8-4-10)14-18-16/h1-8H. The zero-order chi connectivity index (χ0) is 12.8. The molecule has 0 fully saturated rings. The summed E-state index contributed by atoms with van der Waals surface area (Å²) < 4.78 is 27.9. The Morgan fingerprint density at radius 3 is 1.22 bits per heavy atom. The first-order chi connectivity index (χ1) is 8.83. The zero-order valence-electron chi connectivity index (χ0n) is 9.15. The highest BCUT2D eigenvalue weighted by Crippen LogP contribution is 2.24. The summed E-state index contributed by atoms with van der Waals surface area (Å²) >= 11 is 0.389. The Labute approximate surface area is 111 Å². The minimum atomic E-state index is 0.195. The van der Waals surface area contributed by atoms with Crippen LogP contribution in [0, 0.1) is 0 Å². The Kier molecular flexibility index (Phi) is 4.27. The highest BCUT2D eigenvalue weighted by atomic mass is 32.1. The molecule has 2 aromatic carbocycles. The Balaban J connectivity index is 2.30. The molecular formula is C12H8N2O2S2. The maximum atomic E-state index is 10.3. The highest BCUT2D eigenvalue weighted by molar-refractivity contribution is 7.55. The van der Waals surface area contributed by atoms with E-state index in [4.69, 9.17) is 0 Å². The minimum absolute atomic E-state index is 0.195. The van der Waals surface area contributed by atoms with Gasteiger partial charge in [-0.2, -0.15) is 17.1 Å². The predicted molar refractivity (Wildman–Crippen MR) is 72.3 cm³/mol. The van der Waals surface area contributed by atoms with E-state index in [1.54, 1.807) is 24.3 Å². The summed E-state index contributed by atoms with van der Waals surface area (Å²) in [6, 6.07) is 14.7. The minimum Gasteiger partial charge on any atom is -0.191 e. The second-order valence-electron chi connectivity index (χ2n) is 3.43. The van der Waals surface area contributed by atoms with Gasteiger partial charge in [0, 0.05) is 0 Å². The van der Waals surface area contributed by atoms with Crippen LogP contribution in [-0.2, 0) is 22.9 Å². The fraction of sp³-hybridized carbons (Fsp3) is 0. The Bertz CT molecular complexity index is 581. The first kappa shape index (κ1) is 12.5. The Morgan fingerprint density at radius 1 is 0.611 bits per heavy atom. The molecular weight excluding hydrogens is 268 g/mol. The lowest BCUT2D eigenvalue weighted by Crippen LogP contribution is -1.76. The number of hydrogen-bond donors (Lipinski definition) is 0. The fourth-order valence-corrected chi connectivity index (χ4v) is 1.93. The van der Waals surface area contributed by atoms with Crippen molar-refractivity contribution in [1.29, 1.82) is 0 Å². The van der Waals surface area contributed by atoms with Gasteiger partial charge in [0.25, 0.3) is 0 Å². The summed E-state index contributed by atoms with van der Waals surface area (Å²) in [6.07, 6.45) is 0. The van der Waals surface area contributed by atoms with E-state index in [9.17, 15) is 8.42 Å². The van der Waals surface area contributed by atoms with Gasteiger partial charge in [-0.15, -0.1) is 0 Å². The SMILES string of the molecule is O=S=Nc1ccc(-c2ccc(N=S=O)cc2)cc1. The van der Waals surface area contributed by atoms with E-state index in [0.717, 1.165) is 11.1 Å². The van der Waals surface area contributed by atoms with Gasteiger partial charge in [0.05, 0.1) is 11.4 Å². The van der Waals surface area contributed by atoms with Gasteiger partial charge in [-0.3, -0.25) is 0 Å². The summed E-state index contributed by atoms with van der Waals surface area (Å²) in [7, 11) is 0. The summed E-state index contributed by atoms with van der Waals surface area (Å²) in [4.78, 5) is 0. The molecule has 0 aromatic heterocycles. The molecule has 0 unspecified atom stereocenters. The lowest BCUT2D eigenvalue weighted by Gasteiger charge is -2.01. The molecule has 0 radical (unpaired) electrons. The second kappa shape index (κ2) is 6.13. The molecule has 6 heteroatoms. The van der Waals surface area contributed by atoms with Gasteiger partial charge in [0.2, 0.25) is 22.9 Å². The lowest BCUT2D eigenvalue weighted by molar-refractivity contribution is 0.697. The summed E-state index contributed by atoms with van der Waals surface area (Å²) in [6.45, 7) is 0. The number of hydrogen-bond acceptors (Lipinski definition) is 4. The molecule has 0 heterocycles. The van der Waals surface area contributed by atoms with E-state index in [2.05, 4.69) is 8.73 Å². The topological polar surface area (TPSA) is 58.9 Å². The van der Waals surface area contributed by atoms with Crippen molar-refractivity contribution in [3.05, 3.63) is 48.5 Å². The van der Waals surface area contributed by atoms with Crippen LogP contribution in [0.15, 0.2) is 57.3 Å². The van der Waals surface area contributed by atoms with Gasteiger partial charge in [0.1, 0.15) is 0 Å². The Morgan fingerprint density at radius 2 is 0.944 bits per heavy atom. The Hall–Kier alpha value is -1.92. The average molecular weight is 276 g/mol. The molecule has 2 rings (SSSR count). The van der Waals surface area contributed by atoms with Crippen molar-refractivity contribution in [3.63, 3.8) is 0 Å². The van der Waals surface area contributed by atoms with E-state index >= 15 is 0 Å². The average Bonchev–Trinajstić information content (AvgIpc) is 2.41. The molecule has 0 atom stereocenters. The maximum Gasteiger partial charge on any atom is 0.205 e. The number of benzene rings is 2. The quantitative estimate of drug-likeness (QED) is 0.862. The largest absolute Gasteiger partial charge is 0.205 e. The molecule has 4 nitrogen and oxygen atoms in total. The van der Waals surface area contributed by atoms with Crippen LogP contribution in [0.5, 0.6) is 0 Å². The van der Waals surface area contributed by atoms with Crippen LogP contribution in [0.2, 0.25) is 0 Å². The van der Waals surface area contributed by atoms with Crippen LogP contribution >= 0.6 is 0 Å². The van der Waals surface area contributed by atoms with Gasteiger partial charge in [-0.1, -0.05) is 24.3 Å². The summed E-state index contributed by atoms with van der Waals surface area (Å²) in [5.74, 6) is 0. The van der Waals surface area contributed by atoms with E-state index in [1.807, 2.05) is 24.3 Å². The molecule has 90 valence electrons. The number of rotatable bonds is 3. The van der Waals surface area contributed by atoms with Crippen molar-refractivity contribution in [2.45, 2.75) is 0 Å². The van der Waals surface area contributed by atoms with Crippen LogP contribution in [0.3, 0.4) is 0 Å². The van der Waals surface area contributed by atoms with Crippen molar-refractivity contribution < 1.29 is 8.42 Å². The van der Waals surface area contributed by atoms with Crippen LogP contribution in [0.1, 0.15) is 0 Å². The smallest absolute Gasteiger partial charge is 0.191 e. The van der Waals surface area contributed by atoms with Gasteiger partial charge in [-0.05, 0) is 35.4 Å². The lowest BCUT2D eigenvalue weighted by atomic mass is 10.1. The highest BCUT2D eigenvalue weighted by Gasteiger charge is 1.98. The predicted octanol–water partition coefficient (Wildman–Crippen LogP) is 3.41. The zero-order valence-corrected chi connectivity index (χ0v) is 10.8. The summed E-state index contributed by atoms with van der Waals surface area (Å²) in [5.41, 5.74) is 3.33. The molecule has 0 aliphatic rings. The van der Waals surface area contributed by atoms with Crippen molar-refractivity contribution in [1.82, 2.24) is 0 Å². The van der Waals surface area contributed by atoms with Gasteiger partial charge in [0.15, 0.2) is 0 Å². The van der Waals surface area contributed by atoms with Gasteiger partial charge >= 0.3 is 0 Å². The van der Waals surface area contributed by atoms with Crippen molar-refractivity contribution in [3.8, 4) is 11.1 Å². The third kappa shape index (κ3) is 3.06. The van der Waals surface area contributed by atoms with Crippen LogP contribution < -0.4 is 0 Å². The monoisotopic (exact) mass is 276 g/mol. The molecule has 2 aromatic rings. The molecule has 0 aliphatic heterocycles. The molecule has 0 saturated carbocycles. The van der Waals surface area contributed by atoms with Crippen molar-refractivity contribution >= 4 is 34.3 Å². The molecule has 0 spiro atoms. The van der Waals surface area contributed by atoms with Crippen LogP contribution in [0.25, 0.3) is 11.1 Å². The first-order valence-electron chi connectivity index (χ1n) is 5.04. The molecule has 0 saturated heterocycles. The second-order valence-corrected chi connectivity index (χ2v) is 4.09. The van der Waals surface area contributed by atoms with Crippen molar-refractivity contribution in [2.75, 3.05) is 0 Å². The van der Waals surface area contributed by atoms with Crippen LogP contribution in [0.4, 0.5) is 11.4 Å². The number of nitrogens with zero attached hydrogens (tertiary/aromatic N) is 2. The van der Waals surface area contributed by atoms with Crippen molar-refractivity contribution in [2.24, 2.45) is 8.73 Å². The maximum absolute atomic E-state index is 10.3. The summed E-state index contributed by atoms with van der Waals surface area (Å²) in [5, 5.41) is 0. The molecule has 0 amide bonds. The molecule has 0 aliphatic carbocycles. The molecule has 18 heavy (non-hydrogen) atoms. The van der Waals surface area contributed by atoms with E-state index in [-0.39, 0.29) is 22.9 Å². The fourth-order valence-electron chi connectivity index (χ4n) is 1.52. The van der Waals surface area contributed by atoms with Crippen LogP contribution in [-0.4, -0.2) is 8.42 Å². The van der Waals surface area contributed by atoms with Gasteiger partial charge < -0.3 is 0 Å². The van der Waals surface area contributed by atoms with Gasteiger partial charge in [-0.25, -0.2) is 0 Å². The molecule has 0 bridgehead atoms. The normalized spacial score (nSPS) is 9.56. The first-order valence-corrected chi connectivity index (χ1v) is 6.44. The molecule has 0 N–H and O–H groups in total.